The van der Waals surface area contributed by atoms with Crippen LogP contribution < -0.4 is 11.1 Å². The molecule has 0 atom stereocenters. The van der Waals surface area contributed by atoms with Crippen LogP contribution in [0.4, 0.5) is 0 Å². The number of nitrogens with zero attached hydrogens (tertiary/aromatic N) is 2. The van der Waals surface area contributed by atoms with Gasteiger partial charge in [0.1, 0.15) is 0 Å². The molecule has 0 saturated carbocycles. The number of ether oxygens (including phenoxy) is 1. The number of rotatable bonds is 4. The summed E-state index contributed by atoms with van der Waals surface area (Å²) in [4.78, 5) is 18.2. The van der Waals surface area contributed by atoms with E-state index in [0.29, 0.717) is 37.8 Å². The van der Waals surface area contributed by atoms with Crippen LogP contribution in [0.3, 0.4) is 0 Å². The van der Waals surface area contributed by atoms with Gasteiger partial charge in [0.25, 0.3) is 5.91 Å². The molecule has 1 aromatic carbocycles. The number of morpholine rings is 1. The zero-order valence-corrected chi connectivity index (χ0v) is 12.3. The molecule has 114 valence electrons. The van der Waals surface area contributed by atoms with Gasteiger partial charge in [0.05, 0.1) is 19.8 Å². The first kappa shape index (κ1) is 15.3. The van der Waals surface area contributed by atoms with E-state index in [2.05, 4.69) is 10.3 Å². The molecule has 0 aliphatic carbocycles. The van der Waals surface area contributed by atoms with Crippen LogP contribution in [0.15, 0.2) is 29.3 Å². The molecule has 2 rings (SSSR count). The summed E-state index contributed by atoms with van der Waals surface area (Å²) in [5.41, 5.74) is 7.60. The number of nitrogens with one attached hydrogen (secondary N) is 1. The van der Waals surface area contributed by atoms with Crippen molar-refractivity contribution in [3.63, 3.8) is 0 Å². The first-order chi connectivity index (χ1) is 10.2. The molecule has 3 N–H and O–H groups in total. The largest absolute Gasteiger partial charge is 0.378 e. The van der Waals surface area contributed by atoms with Gasteiger partial charge in [0.15, 0.2) is 5.96 Å². The van der Waals surface area contributed by atoms with Crippen LogP contribution in [0.25, 0.3) is 0 Å². The Morgan fingerprint density at radius 1 is 1.43 bits per heavy atom. The maximum absolute atomic E-state index is 11.8. The number of amides is 1. The molecule has 1 aliphatic heterocycles. The lowest BCUT2D eigenvalue weighted by Gasteiger charge is -2.27. The predicted octanol–water partition coefficient (Wildman–Crippen LogP) is 0.583. The van der Waals surface area contributed by atoms with Crippen molar-refractivity contribution in [3.8, 4) is 0 Å². The van der Waals surface area contributed by atoms with E-state index < -0.39 is 0 Å². The fraction of sp³-hybridized carbons (Fsp3) is 0.467. The van der Waals surface area contributed by atoms with Gasteiger partial charge in [0, 0.05) is 25.2 Å². The first-order valence-electron chi connectivity index (χ1n) is 7.20. The molecule has 21 heavy (non-hydrogen) atoms. The summed E-state index contributed by atoms with van der Waals surface area (Å²) in [5.74, 6) is 0.464. The van der Waals surface area contributed by atoms with Gasteiger partial charge in [-0.05, 0) is 24.6 Å². The summed E-state index contributed by atoms with van der Waals surface area (Å²) in [6.45, 7) is 5.89. The van der Waals surface area contributed by atoms with E-state index in [0.717, 1.165) is 18.7 Å². The van der Waals surface area contributed by atoms with Crippen LogP contribution in [0, 0.1) is 0 Å². The van der Waals surface area contributed by atoms with E-state index in [1.807, 2.05) is 30.0 Å². The minimum absolute atomic E-state index is 0.0653. The number of aliphatic imine (C=N–C) groups is 1. The van der Waals surface area contributed by atoms with Crippen LogP contribution in [0.2, 0.25) is 0 Å². The summed E-state index contributed by atoms with van der Waals surface area (Å²) in [6, 6.07) is 7.45. The van der Waals surface area contributed by atoms with Crippen molar-refractivity contribution in [1.82, 2.24) is 10.2 Å². The van der Waals surface area contributed by atoms with Gasteiger partial charge >= 0.3 is 0 Å². The Kier molecular flexibility index (Phi) is 5.57. The van der Waals surface area contributed by atoms with Crippen molar-refractivity contribution in [1.29, 1.82) is 0 Å². The normalized spacial score (nSPS) is 15.9. The summed E-state index contributed by atoms with van der Waals surface area (Å²) in [7, 11) is 0. The zero-order chi connectivity index (χ0) is 15.1. The number of carbonyl (C=O) groups excluding carboxylic acids is 1. The number of hydrogen-bond acceptors (Lipinski definition) is 3. The Morgan fingerprint density at radius 2 is 2.19 bits per heavy atom. The Labute approximate surface area is 125 Å². The van der Waals surface area contributed by atoms with Crippen LogP contribution in [0.5, 0.6) is 0 Å². The average Bonchev–Trinajstić information content (AvgIpc) is 2.54. The number of hydrogen-bond donors (Lipinski definition) is 2. The van der Waals surface area contributed by atoms with Crippen molar-refractivity contribution in [3.05, 3.63) is 35.4 Å². The summed E-state index contributed by atoms with van der Waals surface area (Å²) in [6.07, 6.45) is 0. The maximum atomic E-state index is 11.8. The molecule has 0 aromatic heterocycles. The molecule has 1 fully saturated rings. The summed E-state index contributed by atoms with van der Waals surface area (Å²) in [5, 5.41) is 2.78. The zero-order valence-electron chi connectivity index (χ0n) is 12.3. The standard InChI is InChI=1S/C15H22N4O2/c1-2-17-14(20)13-5-3-4-12(10-13)11-18-15(16)19-6-8-21-9-7-19/h3-5,10H,2,6-9,11H2,1H3,(H2,16,18)(H,17,20). The Hall–Kier alpha value is -2.08. The lowest BCUT2D eigenvalue weighted by Crippen LogP contribution is -2.44. The van der Waals surface area contributed by atoms with Gasteiger partial charge in [-0.1, -0.05) is 12.1 Å². The Bertz CT molecular complexity index is 510. The monoisotopic (exact) mass is 290 g/mol. The second-order valence-electron chi connectivity index (χ2n) is 4.83. The van der Waals surface area contributed by atoms with Crippen molar-refractivity contribution >= 4 is 11.9 Å². The smallest absolute Gasteiger partial charge is 0.251 e. The number of nitrogens with two attached hydrogens (primary N) is 1. The van der Waals surface area contributed by atoms with Gasteiger partial charge < -0.3 is 20.7 Å². The predicted molar refractivity (Wildman–Crippen MR) is 82.2 cm³/mol. The second-order valence-corrected chi connectivity index (χ2v) is 4.83. The third-order valence-electron chi connectivity index (χ3n) is 3.29. The highest BCUT2D eigenvalue weighted by molar-refractivity contribution is 5.94. The van der Waals surface area contributed by atoms with E-state index >= 15 is 0 Å². The average molecular weight is 290 g/mol. The maximum Gasteiger partial charge on any atom is 0.251 e. The summed E-state index contributed by atoms with van der Waals surface area (Å²) >= 11 is 0. The third kappa shape index (κ3) is 4.46. The van der Waals surface area contributed by atoms with Gasteiger partial charge in [0.2, 0.25) is 0 Å². The van der Waals surface area contributed by atoms with E-state index in [4.69, 9.17) is 10.5 Å². The molecular weight excluding hydrogens is 268 g/mol. The molecule has 0 radical (unpaired) electrons. The highest BCUT2D eigenvalue weighted by Crippen LogP contribution is 2.07. The van der Waals surface area contributed by atoms with E-state index in [9.17, 15) is 4.79 Å². The molecule has 1 saturated heterocycles. The van der Waals surface area contributed by atoms with Crippen LogP contribution in [-0.4, -0.2) is 49.6 Å². The lowest BCUT2D eigenvalue weighted by atomic mass is 10.1. The van der Waals surface area contributed by atoms with Crippen molar-refractivity contribution in [2.75, 3.05) is 32.8 Å². The molecule has 6 heteroatoms. The SMILES string of the molecule is CCNC(=O)c1cccc(CN=C(N)N2CCOCC2)c1. The van der Waals surface area contributed by atoms with Crippen LogP contribution >= 0.6 is 0 Å². The van der Waals surface area contributed by atoms with E-state index in [1.54, 1.807) is 6.07 Å². The second kappa shape index (κ2) is 7.64. The van der Waals surface area contributed by atoms with Gasteiger partial charge in [-0.25, -0.2) is 4.99 Å². The molecule has 1 aromatic rings. The van der Waals surface area contributed by atoms with Crippen molar-refractivity contribution in [2.45, 2.75) is 13.5 Å². The lowest BCUT2D eigenvalue weighted by molar-refractivity contribution is 0.0674. The van der Waals surface area contributed by atoms with Gasteiger partial charge in [-0.2, -0.15) is 0 Å². The van der Waals surface area contributed by atoms with E-state index in [1.165, 1.54) is 0 Å². The Balaban J connectivity index is 1.99. The number of guanidine groups is 1. The highest BCUT2D eigenvalue weighted by Gasteiger charge is 2.12. The van der Waals surface area contributed by atoms with Gasteiger partial charge in [-0.3, -0.25) is 4.79 Å². The molecular formula is C15H22N4O2. The van der Waals surface area contributed by atoms with Crippen LogP contribution in [-0.2, 0) is 11.3 Å². The summed E-state index contributed by atoms with van der Waals surface area (Å²) < 4.78 is 5.28. The topological polar surface area (TPSA) is 80.0 Å². The Morgan fingerprint density at radius 3 is 2.90 bits per heavy atom. The molecule has 6 nitrogen and oxygen atoms in total. The van der Waals surface area contributed by atoms with Crippen LogP contribution in [0.1, 0.15) is 22.8 Å². The minimum Gasteiger partial charge on any atom is -0.378 e. The number of carbonyl (C=O) groups is 1. The van der Waals surface area contributed by atoms with Crippen molar-refractivity contribution in [2.24, 2.45) is 10.7 Å². The first-order valence-corrected chi connectivity index (χ1v) is 7.20. The molecule has 1 amide bonds. The fourth-order valence-corrected chi connectivity index (χ4v) is 2.14. The van der Waals surface area contributed by atoms with Gasteiger partial charge in [-0.15, -0.1) is 0 Å². The highest BCUT2D eigenvalue weighted by atomic mass is 16.5. The third-order valence-corrected chi connectivity index (χ3v) is 3.29. The van der Waals surface area contributed by atoms with E-state index in [-0.39, 0.29) is 5.91 Å². The quantitative estimate of drug-likeness (QED) is 0.628. The molecule has 0 spiro atoms. The molecule has 0 unspecified atom stereocenters. The number of benzene rings is 1. The molecule has 0 bridgehead atoms. The van der Waals surface area contributed by atoms with Crippen molar-refractivity contribution < 1.29 is 9.53 Å². The minimum atomic E-state index is -0.0653. The molecule has 1 aliphatic rings. The molecule has 1 heterocycles. The fourth-order valence-electron chi connectivity index (χ4n) is 2.14.